The Balaban J connectivity index is 1.55. The molecule has 6 nitrogen and oxygen atoms in total. The fraction of sp³-hybridized carbons (Fsp3) is 0.591. The zero-order valence-corrected chi connectivity index (χ0v) is 18.6. The molecule has 29 heavy (non-hydrogen) atoms. The van der Waals surface area contributed by atoms with E-state index < -0.39 is 10.0 Å². The summed E-state index contributed by atoms with van der Waals surface area (Å²) in [5.74, 6) is 1.30. The molecule has 2 fully saturated rings. The number of benzene rings is 1. The van der Waals surface area contributed by atoms with Crippen LogP contribution in [0.3, 0.4) is 0 Å². The van der Waals surface area contributed by atoms with E-state index in [1.807, 2.05) is 42.2 Å². The number of sulfonamides is 1. The van der Waals surface area contributed by atoms with Gasteiger partial charge in [-0.05, 0) is 36.8 Å². The van der Waals surface area contributed by atoms with Crippen molar-refractivity contribution in [1.29, 1.82) is 0 Å². The van der Waals surface area contributed by atoms with Crippen molar-refractivity contribution in [1.82, 2.24) is 9.21 Å². The number of rotatable bonds is 5. The molecule has 0 unspecified atom stereocenters. The van der Waals surface area contributed by atoms with Gasteiger partial charge in [0.25, 0.3) is 5.91 Å². The molecule has 0 aliphatic carbocycles. The van der Waals surface area contributed by atoms with Crippen molar-refractivity contribution in [3.63, 3.8) is 0 Å². The Morgan fingerprint density at radius 1 is 1.10 bits per heavy atom. The minimum Gasteiger partial charge on any atom is -0.337 e. The largest absolute Gasteiger partial charge is 0.337 e. The van der Waals surface area contributed by atoms with Gasteiger partial charge in [0, 0.05) is 18.5 Å². The number of hydrogen-bond acceptors (Lipinski definition) is 3. The lowest BCUT2D eigenvalue weighted by Crippen LogP contribution is -3.19. The van der Waals surface area contributed by atoms with E-state index in [1.165, 1.54) is 21.0 Å². The van der Waals surface area contributed by atoms with Gasteiger partial charge in [0.2, 0.25) is 10.0 Å². The minimum absolute atomic E-state index is 0.128. The van der Waals surface area contributed by atoms with Gasteiger partial charge in [-0.3, -0.25) is 4.79 Å². The third kappa shape index (κ3) is 5.68. The average molecular weight is 421 g/mol. The van der Waals surface area contributed by atoms with E-state index in [1.54, 1.807) is 6.08 Å². The molecule has 0 aromatic heterocycles. The molecule has 7 heteroatoms. The summed E-state index contributed by atoms with van der Waals surface area (Å²) in [5, 5.41) is 1.29. The number of carbonyl (C=O) groups excluding carboxylic acids is 1. The first-order valence-electron chi connectivity index (χ1n) is 10.6. The van der Waals surface area contributed by atoms with E-state index in [-0.39, 0.29) is 11.9 Å². The second-order valence-electron chi connectivity index (χ2n) is 8.73. The Morgan fingerprint density at radius 3 is 2.28 bits per heavy atom. The first kappa shape index (κ1) is 22.0. The highest BCUT2D eigenvalue weighted by molar-refractivity contribution is 7.92. The van der Waals surface area contributed by atoms with Gasteiger partial charge in [0.05, 0.1) is 26.2 Å². The SMILES string of the molecule is C[C@H]1C[C@H](C)CN(C(=O)[C@@H](C)[NH+]2CCN(S(=O)(=O)/C=C/c3ccccc3)CC2)C1. The summed E-state index contributed by atoms with van der Waals surface area (Å²) in [6.45, 7) is 10.3. The number of amides is 1. The van der Waals surface area contributed by atoms with Crippen LogP contribution in [0.25, 0.3) is 6.08 Å². The first-order chi connectivity index (χ1) is 13.8. The van der Waals surface area contributed by atoms with Crippen LogP contribution in [-0.2, 0) is 14.8 Å². The molecule has 0 saturated carbocycles. The van der Waals surface area contributed by atoms with Crippen molar-refractivity contribution in [3.8, 4) is 0 Å². The van der Waals surface area contributed by atoms with Crippen LogP contribution in [0.15, 0.2) is 35.7 Å². The normalized spacial score (nSPS) is 26.0. The molecular formula is C22H34N3O3S+. The van der Waals surface area contributed by atoms with Crippen molar-refractivity contribution in [2.24, 2.45) is 11.8 Å². The van der Waals surface area contributed by atoms with Crippen LogP contribution >= 0.6 is 0 Å². The van der Waals surface area contributed by atoms with Gasteiger partial charge in [-0.2, -0.15) is 4.31 Å². The number of piperazine rings is 1. The molecule has 2 aliphatic heterocycles. The lowest BCUT2D eigenvalue weighted by Gasteiger charge is -2.39. The highest BCUT2D eigenvalue weighted by atomic mass is 32.2. The Kier molecular flexibility index (Phi) is 7.14. The molecule has 160 valence electrons. The second kappa shape index (κ2) is 9.41. The number of quaternary nitrogens is 1. The van der Waals surface area contributed by atoms with Crippen LogP contribution in [0.1, 0.15) is 32.8 Å². The maximum Gasteiger partial charge on any atom is 0.280 e. The van der Waals surface area contributed by atoms with Crippen molar-refractivity contribution >= 4 is 22.0 Å². The molecule has 1 amide bonds. The summed E-state index contributed by atoms with van der Waals surface area (Å²) >= 11 is 0. The summed E-state index contributed by atoms with van der Waals surface area (Å²) < 4.78 is 26.8. The van der Waals surface area contributed by atoms with Gasteiger partial charge in [-0.25, -0.2) is 8.42 Å². The molecule has 2 saturated heterocycles. The molecule has 0 bridgehead atoms. The number of hydrogen-bond donors (Lipinski definition) is 1. The molecule has 0 radical (unpaired) electrons. The molecule has 0 spiro atoms. The van der Waals surface area contributed by atoms with Crippen LogP contribution < -0.4 is 4.90 Å². The lowest BCUT2D eigenvalue weighted by molar-refractivity contribution is -0.918. The average Bonchev–Trinajstić information content (AvgIpc) is 2.71. The van der Waals surface area contributed by atoms with Crippen LogP contribution in [0.2, 0.25) is 0 Å². The Bertz CT molecular complexity index is 807. The Hall–Kier alpha value is -1.70. The van der Waals surface area contributed by atoms with Crippen molar-refractivity contribution in [2.45, 2.75) is 33.2 Å². The van der Waals surface area contributed by atoms with Crippen molar-refractivity contribution in [2.75, 3.05) is 39.3 Å². The first-order valence-corrected chi connectivity index (χ1v) is 12.1. The van der Waals surface area contributed by atoms with Crippen LogP contribution in [0.5, 0.6) is 0 Å². The van der Waals surface area contributed by atoms with E-state index in [9.17, 15) is 13.2 Å². The van der Waals surface area contributed by atoms with Crippen LogP contribution in [0, 0.1) is 11.8 Å². The molecular weight excluding hydrogens is 386 g/mol. The van der Waals surface area contributed by atoms with Gasteiger partial charge in [-0.15, -0.1) is 0 Å². The summed E-state index contributed by atoms with van der Waals surface area (Å²) in [4.78, 5) is 16.2. The Labute approximate surface area is 175 Å². The highest BCUT2D eigenvalue weighted by Gasteiger charge is 2.36. The van der Waals surface area contributed by atoms with Gasteiger partial charge in [-0.1, -0.05) is 44.2 Å². The van der Waals surface area contributed by atoms with Crippen LogP contribution in [0.4, 0.5) is 0 Å². The molecule has 1 N–H and O–H groups in total. The van der Waals surface area contributed by atoms with Gasteiger partial charge in [0.15, 0.2) is 6.04 Å². The van der Waals surface area contributed by atoms with E-state index in [2.05, 4.69) is 13.8 Å². The fourth-order valence-electron chi connectivity index (χ4n) is 4.57. The molecule has 1 aromatic rings. The van der Waals surface area contributed by atoms with Crippen molar-refractivity contribution < 1.29 is 18.1 Å². The fourth-order valence-corrected chi connectivity index (χ4v) is 5.76. The molecule has 1 aromatic carbocycles. The standard InChI is InChI=1S/C22H33N3O3S/c1-18-15-19(2)17-24(16-18)22(26)20(3)23-10-12-25(13-11-23)29(27,28)14-9-21-7-5-4-6-8-21/h4-9,14,18-20H,10-13,15-17H2,1-3H3/p+1/b14-9+/t18-,19-,20+/m0/s1. The highest BCUT2D eigenvalue weighted by Crippen LogP contribution is 2.21. The third-order valence-electron chi connectivity index (χ3n) is 6.12. The third-order valence-corrected chi connectivity index (χ3v) is 7.68. The zero-order valence-electron chi connectivity index (χ0n) is 17.8. The Morgan fingerprint density at radius 2 is 1.69 bits per heavy atom. The maximum atomic E-state index is 13.0. The van der Waals surface area contributed by atoms with Crippen molar-refractivity contribution in [3.05, 3.63) is 41.3 Å². The second-order valence-corrected chi connectivity index (χ2v) is 10.5. The van der Waals surface area contributed by atoms with Gasteiger partial charge in [0.1, 0.15) is 0 Å². The predicted octanol–water partition coefficient (Wildman–Crippen LogP) is 1.08. The zero-order chi connectivity index (χ0) is 21.0. The monoisotopic (exact) mass is 420 g/mol. The predicted molar refractivity (Wildman–Crippen MR) is 116 cm³/mol. The lowest BCUT2D eigenvalue weighted by atomic mass is 9.91. The van der Waals surface area contributed by atoms with Gasteiger partial charge < -0.3 is 9.80 Å². The number of carbonyl (C=O) groups is 1. The molecule has 2 aliphatic rings. The molecule has 2 heterocycles. The summed E-state index contributed by atoms with van der Waals surface area (Å²) in [5.41, 5.74) is 0.865. The number of piperidine rings is 1. The van der Waals surface area contributed by atoms with E-state index >= 15 is 0 Å². The van der Waals surface area contributed by atoms with E-state index in [0.29, 0.717) is 38.0 Å². The molecule has 3 rings (SSSR count). The number of nitrogens with zero attached hydrogens (tertiary/aromatic N) is 2. The summed E-state index contributed by atoms with van der Waals surface area (Å²) in [6.07, 6.45) is 2.82. The smallest absolute Gasteiger partial charge is 0.280 e. The summed E-state index contributed by atoms with van der Waals surface area (Å²) in [6, 6.07) is 9.31. The number of likely N-dealkylation sites (tertiary alicyclic amines) is 1. The molecule has 3 atom stereocenters. The minimum atomic E-state index is -3.44. The van der Waals surface area contributed by atoms with Gasteiger partial charge >= 0.3 is 0 Å². The van der Waals surface area contributed by atoms with Crippen LogP contribution in [-0.4, -0.2) is 68.8 Å². The van der Waals surface area contributed by atoms with E-state index in [0.717, 1.165) is 18.7 Å². The maximum absolute atomic E-state index is 13.0. The topological polar surface area (TPSA) is 62.1 Å². The number of nitrogens with one attached hydrogen (secondary N) is 1. The van der Waals surface area contributed by atoms with E-state index in [4.69, 9.17) is 0 Å². The quantitative estimate of drug-likeness (QED) is 0.776. The summed E-state index contributed by atoms with van der Waals surface area (Å²) in [7, 11) is -3.44.